The standard InChI is InChI=1S/C13H13FN2O2S/c1-10-9-11(14)6-7-12(10)19(17,18)16(2)13-5-3-4-8-15-13/h3-9H,1-2H3. The maximum Gasteiger partial charge on any atom is 0.265 e. The number of halogens is 1. The van der Waals surface area contributed by atoms with E-state index >= 15 is 0 Å². The Morgan fingerprint density at radius 2 is 1.95 bits per heavy atom. The number of aryl methyl sites for hydroxylation is 1. The van der Waals surface area contributed by atoms with Gasteiger partial charge in [-0.1, -0.05) is 6.07 Å². The third-order valence-corrected chi connectivity index (χ3v) is 4.67. The van der Waals surface area contributed by atoms with Gasteiger partial charge in [-0.25, -0.2) is 17.8 Å². The van der Waals surface area contributed by atoms with E-state index in [4.69, 9.17) is 0 Å². The summed E-state index contributed by atoms with van der Waals surface area (Å²) in [5.74, 6) is -0.150. The Labute approximate surface area is 111 Å². The Morgan fingerprint density at radius 3 is 2.53 bits per heavy atom. The molecule has 0 aliphatic carbocycles. The van der Waals surface area contributed by atoms with Gasteiger partial charge < -0.3 is 0 Å². The van der Waals surface area contributed by atoms with Crippen LogP contribution in [0.25, 0.3) is 0 Å². The molecule has 1 aromatic heterocycles. The number of aromatic nitrogens is 1. The number of pyridine rings is 1. The van der Waals surface area contributed by atoms with Crippen molar-refractivity contribution in [1.82, 2.24) is 4.98 Å². The van der Waals surface area contributed by atoms with Crippen molar-refractivity contribution < 1.29 is 12.8 Å². The predicted octanol–water partition coefficient (Wildman–Crippen LogP) is 2.35. The van der Waals surface area contributed by atoms with E-state index in [9.17, 15) is 12.8 Å². The molecule has 0 saturated carbocycles. The smallest absolute Gasteiger partial charge is 0.253 e. The van der Waals surface area contributed by atoms with Gasteiger partial charge in [0.2, 0.25) is 0 Å². The summed E-state index contributed by atoms with van der Waals surface area (Å²) in [6.07, 6.45) is 1.51. The number of anilines is 1. The SMILES string of the molecule is Cc1cc(F)ccc1S(=O)(=O)N(C)c1ccccn1. The van der Waals surface area contributed by atoms with Crippen LogP contribution in [0.5, 0.6) is 0 Å². The number of nitrogens with zero attached hydrogens (tertiary/aromatic N) is 2. The minimum absolute atomic E-state index is 0.0713. The Morgan fingerprint density at radius 1 is 1.21 bits per heavy atom. The fourth-order valence-electron chi connectivity index (χ4n) is 1.71. The molecule has 4 nitrogen and oxygen atoms in total. The highest BCUT2D eigenvalue weighted by Gasteiger charge is 2.23. The number of hydrogen-bond acceptors (Lipinski definition) is 3. The van der Waals surface area contributed by atoms with Crippen molar-refractivity contribution in [2.75, 3.05) is 11.4 Å². The van der Waals surface area contributed by atoms with Gasteiger partial charge in [-0.3, -0.25) is 4.31 Å². The molecule has 0 aliphatic rings. The molecule has 100 valence electrons. The molecular weight excluding hydrogens is 267 g/mol. The number of rotatable bonds is 3. The first-order chi connectivity index (χ1) is 8.93. The molecule has 0 N–H and O–H groups in total. The lowest BCUT2D eigenvalue weighted by molar-refractivity contribution is 0.591. The molecule has 6 heteroatoms. The van der Waals surface area contributed by atoms with Gasteiger partial charge in [0.1, 0.15) is 11.6 Å². The van der Waals surface area contributed by atoms with E-state index < -0.39 is 15.8 Å². The van der Waals surface area contributed by atoms with Gasteiger partial charge >= 0.3 is 0 Å². The Bertz CT molecular complexity index is 687. The van der Waals surface area contributed by atoms with E-state index in [1.165, 1.54) is 25.4 Å². The van der Waals surface area contributed by atoms with Crippen LogP contribution in [0.4, 0.5) is 10.2 Å². The second-order valence-corrected chi connectivity index (χ2v) is 6.01. The Kier molecular flexibility index (Phi) is 3.53. The fraction of sp³-hybridized carbons (Fsp3) is 0.154. The number of benzene rings is 1. The molecule has 0 radical (unpaired) electrons. The van der Waals surface area contributed by atoms with Crippen LogP contribution >= 0.6 is 0 Å². The molecule has 2 rings (SSSR count). The van der Waals surface area contributed by atoms with Gasteiger partial charge in [0, 0.05) is 13.2 Å². The summed E-state index contributed by atoms with van der Waals surface area (Å²) in [5.41, 5.74) is 0.364. The lowest BCUT2D eigenvalue weighted by Gasteiger charge is -2.19. The highest BCUT2D eigenvalue weighted by molar-refractivity contribution is 7.92. The van der Waals surface area contributed by atoms with Crippen molar-refractivity contribution in [3.63, 3.8) is 0 Å². The minimum Gasteiger partial charge on any atom is -0.253 e. The van der Waals surface area contributed by atoms with Gasteiger partial charge in [0.05, 0.1) is 4.90 Å². The van der Waals surface area contributed by atoms with E-state index in [-0.39, 0.29) is 4.90 Å². The maximum atomic E-state index is 13.0. The lowest BCUT2D eigenvalue weighted by Crippen LogP contribution is -2.27. The van der Waals surface area contributed by atoms with E-state index in [0.717, 1.165) is 10.4 Å². The minimum atomic E-state index is -3.74. The topological polar surface area (TPSA) is 50.3 Å². The number of sulfonamides is 1. The third-order valence-electron chi connectivity index (χ3n) is 2.75. The summed E-state index contributed by atoms with van der Waals surface area (Å²) < 4.78 is 39.0. The van der Waals surface area contributed by atoms with Crippen LogP contribution in [0.15, 0.2) is 47.5 Å². The van der Waals surface area contributed by atoms with Crippen molar-refractivity contribution >= 4 is 15.8 Å². The van der Waals surface area contributed by atoms with Crippen LogP contribution in [0, 0.1) is 12.7 Å². The van der Waals surface area contributed by atoms with E-state index in [1.807, 2.05) is 0 Å². The highest BCUT2D eigenvalue weighted by Crippen LogP contribution is 2.23. The molecule has 0 unspecified atom stereocenters. The molecule has 0 saturated heterocycles. The first-order valence-electron chi connectivity index (χ1n) is 5.59. The molecule has 0 aliphatic heterocycles. The van der Waals surface area contributed by atoms with Crippen molar-refractivity contribution in [3.8, 4) is 0 Å². The first kappa shape index (κ1) is 13.5. The van der Waals surface area contributed by atoms with Gasteiger partial charge in [-0.05, 0) is 42.8 Å². The summed E-state index contributed by atoms with van der Waals surface area (Å²) in [5, 5.41) is 0. The molecule has 2 aromatic rings. The normalized spacial score (nSPS) is 11.3. The van der Waals surface area contributed by atoms with Gasteiger partial charge in [0.25, 0.3) is 10.0 Å². The van der Waals surface area contributed by atoms with Gasteiger partial charge in [-0.15, -0.1) is 0 Å². The zero-order chi connectivity index (χ0) is 14.0. The molecule has 1 heterocycles. The van der Waals surface area contributed by atoms with Crippen molar-refractivity contribution in [2.24, 2.45) is 0 Å². The predicted molar refractivity (Wildman–Crippen MR) is 71.0 cm³/mol. The van der Waals surface area contributed by atoms with Crippen LogP contribution in [0.1, 0.15) is 5.56 Å². The Balaban J connectivity index is 2.48. The summed E-state index contributed by atoms with van der Waals surface area (Å²) in [6.45, 7) is 1.56. The fourth-order valence-corrected chi connectivity index (χ4v) is 3.07. The molecular formula is C13H13FN2O2S. The van der Waals surface area contributed by atoms with E-state index in [0.29, 0.717) is 11.4 Å². The van der Waals surface area contributed by atoms with Crippen molar-refractivity contribution in [3.05, 3.63) is 54.0 Å². The maximum absolute atomic E-state index is 13.0. The average molecular weight is 280 g/mol. The zero-order valence-electron chi connectivity index (χ0n) is 10.5. The van der Waals surface area contributed by atoms with E-state index in [1.54, 1.807) is 25.1 Å². The summed E-state index contributed by atoms with van der Waals surface area (Å²) in [4.78, 5) is 4.06. The second-order valence-electron chi connectivity index (χ2n) is 4.07. The molecule has 0 spiro atoms. The summed E-state index contributed by atoms with van der Waals surface area (Å²) in [6, 6.07) is 8.58. The molecule has 0 amide bonds. The highest BCUT2D eigenvalue weighted by atomic mass is 32.2. The molecule has 0 atom stereocenters. The van der Waals surface area contributed by atoms with E-state index in [2.05, 4.69) is 4.98 Å². The monoisotopic (exact) mass is 280 g/mol. The largest absolute Gasteiger partial charge is 0.265 e. The average Bonchev–Trinajstić information content (AvgIpc) is 2.38. The van der Waals surface area contributed by atoms with Crippen molar-refractivity contribution in [2.45, 2.75) is 11.8 Å². The molecule has 1 aromatic carbocycles. The second kappa shape index (κ2) is 4.97. The number of hydrogen-bond donors (Lipinski definition) is 0. The van der Waals surface area contributed by atoms with Crippen LogP contribution in [0.2, 0.25) is 0 Å². The molecule has 0 bridgehead atoms. The third kappa shape index (κ3) is 2.58. The first-order valence-corrected chi connectivity index (χ1v) is 7.03. The van der Waals surface area contributed by atoms with Crippen LogP contribution in [0.3, 0.4) is 0 Å². The summed E-state index contributed by atoms with van der Waals surface area (Å²) in [7, 11) is -2.32. The van der Waals surface area contributed by atoms with Gasteiger partial charge in [0.15, 0.2) is 0 Å². The molecule has 19 heavy (non-hydrogen) atoms. The Hall–Kier alpha value is -1.95. The lowest BCUT2D eigenvalue weighted by atomic mass is 10.2. The summed E-state index contributed by atoms with van der Waals surface area (Å²) >= 11 is 0. The van der Waals surface area contributed by atoms with Crippen LogP contribution in [-0.4, -0.2) is 20.4 Å². The molecule has 0 fully saturated rings. The van der Waals surface area contributed by atoms with Crippen molar-refractivity contribution in [1.29, 1.82) is 0 Å². The zero-order valence-corrected chi connectivity index (χ0v) is 11.4. The quantitative estimate of drug-likeness (QED) is 0.867. The van der Waals surface area contributed by atoms with Crippen LogP contribution in [-0.2, 0) is 10.0 Å². The van der Waals surface area contributed by atoms with Crippen LogP contribution < -0.4 is 4.31 Å². The van der Waals surface area contributed by atoms with Gasteiger partial charge in [-0.2, -0.15) is 0 Å².